The van der Waals surface area contributed by atoms with E-state index in [2.05, 4.69) is 43.6 Å². The van der Waals surface area contributed by atoms with Crippen LogP contribution in [0.15, 0.2) is 48.9 Å². The number of nitrogens with one attached hydrogen (secondary N) is 1. The van der Waals surface area contributed by atoms with E-state index in [4.69, 9.17) is 4.74 Å². The maximum Gasteiger partial charge on any atom is 0.316 e. The lowest BCUT2D eigenvalue weighted by Crippen LogP contribution is -2.26. The number of anilines is 2. The zero-order valence-electron chi connectivity index (χ0n) is 18.5. The molecule has 0 spiro atoms. The molecule has 1 amide bonds. The molecule has 1 aromatic carbocycles. The average Bonchev–Trinajstić information content (AvgIpc) is 3.14. The molecule has 1 saturated heterocycles. The van der Waals surface area contributed by atoms with Gasteiger partial charge < -0.3 is 15.0 Å². The number of halogens is 1. The highest BCUT2D eigenvalue weighted by molar-refractivity contribution is 7.40. The molecule has 33 heavy (non-hydrogen) atoms. The van der Waals surface area contributed by atoms with Crippen molar-refractivity contribution in [2.45, 2.75) is 31.3 Å². The molecular formula is C23H26FN5O2P2. The Bertz CT molecular complexity index is 1160. The molecule has 1 aliphatic heterocycles. The number of aromatic nitrogens is 3. The van der Waals surface area contributed by atoms with Crippen LogP contribution < -0.4 is 15.0 Å². The normalized spacial score (nSPS) is 15.0. The third-order valence-electron chi connectivity index (χ3n) is 5.20. The van der Waals surface area contributed by atoms with Crippen LogP contribution in [-0.4, -0.2) is 44.9 Å². The molecular weight excluding hydrogens is 459 g/mol. The van der Waals surface area contributed by atoms with E-state index in [1.54, 1.807) is 30.5 Å². The van der Waals surface area contributed by atoms with Crippen LogP contribution in [0.5, 0.6) is 6.01 Å². The molecule has 0 bridgehead atoms. The Morgan fingerprint density at radius 1 is 1.15 bits per heavy atom. The zero-order valence-corrected chi connectivity index (χ0v) is 20.8. The molecule has 1 N–H and O–H groups in total. The predicted octanol–water partition coefficient (Wildman–Crippen LogP) is 4.37. The van der Waals surface area contributed by atoms with Gasteiger partial charge in [-0.3, -0.25) is 4.79 Å². The van der Waals surface area contributed by atoms with Gasteiger partial charge in [0.1, 0.15) is 5.82 Å². The molecule has 0 saturated carbocycles. The van der Waals surface area contributed by atoms with E-state index in [9.17, 15) is 9.18 Å². The van der Waals surface area contributed by atoms with Crippen LogP contribution in [-0.2, 0) is 0 Å². The second-order valence-electron chi connectivity index (χ2n) is 8.32. The summed E-state index contributed by atoms with van der Waals surface area (Å²) in [7, 11) is 5.70. The van der Waals surface area contributed by atoms with Crippen molar-refractivity contribution < 1.29 is 13.9 Å². The van der Waals surface area contributed by atoms with Crippen molar-refractivity contribution >= 4 is 35.9 Å². The first-order valence-electron chi connectivity index (χ1n) is 10.6. The van der Waals surface area contributed by atoms with Crippen molar-refractivity contribution in [3.8, 4) is 17.1 Å². The molecule has 10 heteroatoms. The SMILES string of the molecule is CC(C)Oc1ncc(C(=O)Nc2c(-c3ccccc3F)ccnc2N2CCC(P)(P)C2)cn1. The third-order valence-corrected chi connectivity index (χ3v) is 6.14. The number of pyridine rings is 1. The van der Waals surface area contributed by atoms with E-state index < -0.39 is 5.91 Å². The van der Waals surface area contributed by atoms with E-state index in [1.165, 1.54) is 18.5 Å². The maximum absolute atomic E-state index is 14.7. The van der Waals surface area contributed by atoms with E-state index >= 15 is 0 Å². The van der Waals surface area contributed by atoms with Crippen molar-refractivity contribution in [1.82, 2.24) is 15.0 Å². The average molecular weight is 485 g/mol. The highest BCUT2D eigenvalue weighted by Gasteiger charge is 2.32. The van der Waals surface area contributed by atoms with Gasteiger partial charge in [-0.1, -0.05) is 18.2 Å². The van der Waals surface area contributed by atoms with E-state index in [1.807, 2.05) is 13.8 Å². The minimum Gasteiger partial charge on any atom is -0.461 e. The summed E-state index contributed by atoms with van der Waals surface area (Å²) in [5.41, 5.74) is 1.64. The number of benzene rings is 1. The third kappa shape index (κ3) is 5.45. The largest absolute Gasteiger partial charge is 0.461 e. The highest BCUT2D eigenvalue weighted by Crippen LogP contribution is 2.42. The lowest BCUT2D eigenvalue weighted by Gasteiger charge is -2.24. The smallest absolute Gasteiger partial charge is 0.316 e. The lowest BCUT2D eigenvalue weighted by molar-refractivity contribution is 0.102. The number of ether oxygens (including phenoxy) is 1. The fraction of sp³-hybridized carbons (Fsp3) is 0.304. The summed E-state index contributed by atoms with van der Waals surface area (Å²) in [6.07, 6.45) is 5.30. The van der Waals surface area contributed by atoms with Crippen LogP contribution in [0.3, 0.4) is 0 Å². The number of hydrogen-bond donors (Lipinski definition) is 1. The van der Waals surface area contributed by atoms with Gasteiger partial charge in [-0.05, 0) is 32.4 Å². The van der Waals surface area contributed by atoms with E-state index in [-0.39, 0.29) is 28.4 Å². The summed E-state index contributed by atoms with van der Waals surface area (Å²) in [6.45, 7) is 5.21. The summed E-state index contributed by atoms with van der Waals surface area (Å²) < 4.78 is 20.2. The standard InChI is InChI=1S/C23H26FN5O2P2/c1-14(2)31-22-26-11-15(12-27-22)21(30)28-19-17(16-5-3-4-6-18(16)24)7-9-25-20(19)29-10-8-23(32,33)13-29/h3-7,9,11-12,14H,8,10,13,32-33H2,1-2H3,(H,28,30). The molecule has 2 atom stereocenters. The van der Waals surface area contributed by atoms with Crippen molar-refractivity contribution in [1.29, 1.82) is 0 Å². The molecule has 0 radical (unpaired) electrons. The van der Waals surface area contributed by atoms with E-state index in [0.29, 0.717) is 29.2 Å². The molecule has 3 aromatic rings. The van der Waals surface area contributed by atoms with Crippen molar-refractivity contribution in [3.63, 3.8) is 0 Å². The van der Waals surface area contributed by atoms with E-state index in [0.717, 1.165) is 13.0 Å². The van der Waals surface area contributed by atoms with Gasteiger partial charge in [-0.25, -0.2) is 19.3 Å². The van der Waals surface area contributed by atoms with Crippen LogP contribution in [0.1, 0.15) is 30.6 Å². The topological polar surface area (TPSA) is 80.2 Å². The molecule has 2 unspecified atom stereocenters. The molecule has 7 nitrogen and oxygen atoms in total. The molecule has 2 aromatic heterocycles. The molecule has 1 fully saturated rings. The molecule has 3 heterocycles. The van der Waals surface area contributed by atoms with Crippen molar-refractivity contribution in [3.05, 3.63) is 60.3 Å². The molecule has 1 aliphatic rings. The van der Waals surface area contributed by atoms with Gasteiger partial charge in [-0.2, -0.15) is 0 Å². The van der Waals surface area contributed by atoms with Gasteiger partial charge in [0.25, 0.3) is 5.91 Å². The molecule has 0 aliphatic carbocycles. The first-order valence-corrected chi connectivity index (χ1v) is 11.8. The van der Waals surface area contributed by atoms with Gasteiger partial charge in [-0.15, -0.1) is 18.5 Å². The minimum absolute atomic E-state index is 0.0446. The highest BCUT2D eigenvalue weighted by atomic mass is 31.1. The van der Waals surface area contributed by atoms with Crippen LogP contribution in [0.2, 0.25) is 0 Å². The van der Waals surface area contributed by atoms with Gasteiger partial charge in [0.15, 0.2) is 5.82 Å². The first kappa shape index (κ1) is 23.5. The van der Waals surface area contributed by atoms with Crippen LogP contribution in [0, 0.1) is 5.82 Å². The van der Waals surface area contributed by atoms with Crippen molar-refractivity contribution in [2.75, 3.05) is 23.3 Å². The number of carbonyl (C=O) groups is 1. The number of carbonyl (C=O) groups excluding carboxylic acids is 1. The van der Waals surface area contributed by atoms with Crippen LogP contribution in [0.4, 0.5) is 15.9 Å². The van der Waals surface area contributed by atoms with Gasteiger partial charge >= 0.3 is 6.01 Å². The summed E-state index contributed by atoms with van der Waals surface area (Å²) >= 11 is 0. The van der Waals surface area contributed by atoms with Gasteiger partial charge in [0.05, 0.1) is 17.4 Å². The Morgan fingerprint density at radius 2 is 1.88 bits per heavy atom. The maximum atomic E-state index is 14.7. The van der Waals surface area contributed by atoms with Gasteiger partial charge in [0.2, 0.25) is 0 Å². The predicted molar refractivity (Wildman–Crippen MR) is 134 cm³/mol. The number of nitrogens with zero attached hydrogens (tertiary/aromatic N) is 4. The second-order valence-corrected chi connectivity index (χ2v) is 11.3. The number of amides is 1. The van der Waals surface area contributed by atoms with Crippen LogP contribution >= 0.6 is 18.5 Å². The molecule has 4 rings (SSSR count). The number of rotatable bonds is 6. The number of hydrogen-bond acceptors (Lipinski definition) is 6. The Balaban J connectivity index is 1.72. The first-order chi connectivity index (χ1) is 15.7. The fourth-order valence-corrected chi connectivity index (χ4v) is 4.34. The molecule has 172 valence electrons. The summed E-state index contributed by atoms with van der Waals surface area (Å²) in [4.78, 5) is 28.0. The Hall–Kier alpha value is -2.69. The fourth-order valence-electron chi connectivity index (χ4n) is 3.65. The lowest BCUT2D eigenvalue weighted by atomic mass is 10.0. The van der Waals surface area contributed by atoms with Crippen molar-refractivity contribution in [2.24, 2.45) is 0 Å². The summed E-state index contributed by atoms with van der Waals surface area (Å²) in [6, 6.07) is 8.38. The minimum atomic E-state index is -0.417. The Labute approximate surface area is 197 Å². The van der Waals surface area contributed by atoms with Gasteiger partial charge in [0, 0.05) is 47.7 Å². The summed E-state index contributed by atoms with van der Waals surface area (Å²) in [5.74, 6) is -0.201. The zero-order chi connectivity index (χ0) is 23.6. The quantitative estimate of drug-likeness (QED) is 0.523. The second kappa shape index (κ2) is 9.66. The van der Waals surface area contributed by atoms with Crippen LogP contribution in [0.25, 0.3) is 11.1 Å². The Morgan fingerprint density at radius 3 is 2.52 bits per heavy atom. The monoisotopic (exact) mass is 485 g/mol. The summed E-state index contributed by atoms with van der Waals surface area (Å²) in [5, 5.41) is 2.94. The Kier molecular flexibility index (Phi) is 6.87.